The Morgan fingerprint density at radius 1 is 0.870 bits per heavy atom. The third kappa shape index (κ3) is 4.39. The summed E-state index contributed by atoms with van der Waals surface area (Å²) in [7, 11) is 0. The highest BCUT2D eigenvalue weighted by atomic mass is 19.1. The number of hydrogen-bond acceptors (Lipinski definition) is 4. The van der Waals surface area contributed by atoms with Crippen molar-refractivity contribution in [3.05, 3.63) is 72.8 Å². The van der Waals surface area contributed by atoms with Crippen LogP contribution in [0.4, 0.5) is 15.8 Å². The van der Waals surface area contributed by atoms with Crippen LogP contribution in [-0.2, 0) is 0 Å². The van der Waals surface area contributed by atoms with Gasteiger partial charge >= 0.3 is 0 Å². The number of anilines is 1. The minimum absolute atomic E-state index is 0.195. The van der Waals surface area contributed by atoms with Crippen LogP contribution in [0.5, 0.6) is 0 Å². The average Bonchev–Trinajstić information content (AvgIpc) is 2.61. The summed E-state index contributed by atoms with van der Waals surface area (Å²) < 4.78 is 13.0. The van der Waals surface area contributed by atoms with Crippen molar-refractivity contribution >= 4 is 11.4 Å². The van der Waals surface area contributed by atoms with Crippen LogP contribution in [0.3, 0.4) is 0 Å². The van der Waals surface area contributed by atoms with Gasteiger partial charge in [-0.3, -0.25) is 0 Å². The van der Waals surface area contributed by atoms with Gasteiger partial charge in [0.2, 0.25) is 0 Å². The van der Waals surface area contributed by atoms with Gasteiger partial charge in [-0.25, -0.2) is 4.39 Å². The smallest absolute Gasteiger partial charge is 0.123 e. The number of rotatable bonds is 4. The number of piperazine rings is 1. The van der Waals surface area contributed by atoms with Crippen LogP contribution < -0.4 is 4.90 Å². The summed E-state index contributed by atoms with van der Waals surface area (Å²) in [5, 5.41) is 8.20. The molecular weight excluding hydrogens is 291 g/mol. The molecule has 0 aliphatic carbocycles. The van der Waals surface area contributed by atoms with Gasteiger partial charge in [-0.15, -0.1) is 0 Å². The van der Waals surface area contributed by atoms with Crippen LogP contribution in [0, 0.1) is 5.82 Å². The average molecular weight is 310 g/mol. The zero-order chi connectivity index (χ0) is 15.9. The fourth-order valence-corrected chi connectivity index (χ4v) is 2.50. The van der Waals surface area contributed by atoms with E-state index in [4.69, 9.17) is 0 Å². The predicted molar refractivity (Wildman–Crippen MR) is 90.3 cm³/mol. The largest absolute Gasteiger partial charge is 0.373 e. The number of nitrogens with zero attached hydrogens (tertiary/aromatic N) is 4. The molecule has 0 amide bonds. The number of hydrogen-bond donors (Lipinski definition) is 0. The van der Waals surface area contributed by atoms with Gasteiger partial charge in [0.1, 0.15) is 5.82 Å². The van der Waals surface area contributed by atoms with E-state index in [-0.39, 0.29) is 5.82 Å². The van der Waals surface area contributed by atoms with Crippen molar-refractivity contribution in [1.82, 2.24) is 4.90 Å². The second kappa shape index (κ2) is 7.54. The lowest BCUT2D eigenvalue weighted by atomic mass is 10.2. The Balaban J connectivity index is 1.48. The van der Waals surface area contributed by atoms with Crippen LogP contribution in [0.25, 0.3) is 0 Å². The fraction of sp³-hybridized carbons (Fsp3) is 0.222. The lowest BCUT2D eigenvalue weighted by Gasteiger charge is -2.35. The molecule has 0 radical (unpaired) electrons. The maximum absolute atomic E-state index is 13.0. The van der Waals surface area contributed by atoms with Crippen molar-refractivity contribution in [3.63, 3.8) is 0 Å². The van der Waals surface area contributed by atoms with Gasteiger partial charge in [0.25, 0.3) is 0 Å². The first-order valence-electron chi connectivity index (χ1n) is 7.68. The van der Waals surface area contributed by atoms with Crippen LogP contribution in [0.1, 0.15) is 0 Å². The van der Waals surface area contributed by atoms with E-state index in [1.807, 2.05) is 48.7 Å². The van der Waals surface area contributed by atoms with Gasteiger partial charge in [0.05, 0.1) is 11.9 Å². The van der Waals surface area contributed by atoms with Crippen LogP contribution in [0.2, 0.25) is 0 Å². The number of benzene rings is 2. The van der Waals surface area contributed by atoms with Gasteiger partial charge in [-0.05, 0) is 36.4 Å². The van der Waals surface area contributed by atoms with E-state index in [2.05, 4.69) is 20.0 Å². The number of azo groups is 1. The van der Waals surface area contributed by atoms with E-state index < -0.39 is 0 Å². The molecule has 1 aliphatic rings. The molecule has 5 heteroatoms. The summed E-state index contributed by atoms with van der Waals surface area (Å²) in [4.78, 5) is 4.47. The maximum atomic E-state index is 13.0. The molecule has 1 aliphatic heterocycles. The second-order valence-corrected chi connectivity index (χ2v) is 5.35. The zero-order valence-corrected chi connectivity index (χ0v) is 12.8. The molecule has 0 unspecified atom stereocenters. The molecule has 0 spiro atoms. The minimum atomic E-state index is -0.195. The molecule has 23 heavy (non-hydrogen) atoms. The molecule has 3 rings (SSSR count). The van der Waals surface area contributed by atoms with Crippen LogP contribution in [0.15, 0.2) is 77.2 Å². The Bertz CT molecular complexity index is 659. The third-order valence-corrected chi connectivity index (χ3v) is 3.78. The van der Waals surface area contributed by atoms with Gasteiger partial charge < -0.3 is 9.80 Å². The van der Waals surface area contributed by atoms with Crippen molar-refractivity contribution < 1.29 is 4.39 Å². The SMILES string of the molecule is Fc1ccc(N2CCN(/C=C/N=Nc3ccccc3)CC2)cc1. The lowest BCUT2D eigenvalue weighted by Crippen LogP contribution is -2.44. The van der Waals surface area contributed by atoms with E-state index >= 15 is 0 Å². The molecule has 0 bridgehead atoms. The summed E-state index contributed by atoms with van der Waals surface area (Å²) in [6.07, 6.45) is 3.69. The molecule has 0 saturated carbocycles. The van der Waals surface area contributed by atoms with Gasteiger partial charge in [-0.2, -0.15) is 10.2 Å². The van der Waals surface area contributed by atoms with Crippen LogP contribution in [-0.4, -0.2) is 31.1 Å². The van der Waals surface area contributed by atoms with Crippen molar-refractivity contribution in [2.45, 2.75) is 0 Å². The Labute approximate surface area is 135 Å². The Hall–Kier alpha value is -2.69. The summed E-state index contributed by atoms with van der Waals surface area (Å²) in [6, 6.07) is 16.3. The maximum Gasteiger partial charge on any atom is 0.123 e. The van der Waals surface area contributed by atoms with Crippen molar-refractivity contribution in [2.24, 2.45) is 10.2 Å². The normalized spacial score (nSPS) is 15.7. The van der Waals surface area contributed by atoms with E-state index in [1.54, 1.807) is 6.20 Å². The summed E-state index contributed by atoms with van der Waals surface area (Å²) in [6.45, 7) is 3.64. The van der Waals surface area contributed by atoms with Crippen molar-refractivity contribution in [3.8, 4) is 0 Å². The fourth-order valence-electron chi connectivity index (χ4n) is 2.50. The standard InChI is InChI=1S/C18H19FN4/c19-16-6-8-18(9-7-16)23-14-12-22(13-15-23)11-10-20-21-17-4-2-1-3-5-17/h1-11H,12-15H2/b11-10+,21-20?. The van der Waals surface area contributed by atoms with Gasteiger partial charge in [-0.1, -0.05) is 18.2 Å². The van der Waals surface area contributed by atoms with E-state index in [1.165, 1.54) is 12.1 Å². The van der Waals surface area contributed by atoms with Crippen LogP contribution >= 0.6 is 0 Å². The van der Waals surface area contributed by atoms with Crippen molar-refractivity contribution in [2.75, 3.05) is 31.1 Å². The van der Waals surface area contributed by atoms with Crippen molar-refractivity contribution in [1.29, 1.82) is 0 Å². The first-order valence-corrected chi connectivity index (χ1v) is 7.68. The molecule has 1 fully saturated rings. The summed E-state index contributed by atoms with van der Waals surface area (Å²) in [5.74, 6) is -0.195. The third-order valence-electron chi connectivity index (χ3n) is 3.78. The monoisotopic (exact) mass is 310 g/mol. The Morgan fingerprint density at radius 2 is 1.57 bits per heavy atom. The van der Waals surface area contributed by atoms with E-state index in [0.717, 1.165) is 37.6 Å². The predicted octanol–water partition coefficient (Wildman–Crippen LogP) is 4.20. The molecule has 4 nitrogen and oxygen atoms in total. The quantitative estimate of drug-likeness (QED) is 0.792. The number of halogens is 1. The molecule has 1 saturated heterocycles. The molecule has 0 N–H and O–H groups in total. The first kappa shape index (κ1) is 15.2. The molecule has 118 valence electrons. The lowest BCUT2D eigenvalue weighted by molar-refractivity contribution is 0.348. The molecule has 0 atom stereocenters. The molecule has 2 aromatic carbocycles. The van der Waals surface area contributed by atoms with Gasteiger partial charge in [0, 0.05) is 38.1 Å². The Kier molecular flexibility index (Phi) is 4.99. The highest BCUT2D eigenvalue weighted by Gasteiger charge is 2.14. The summed E-state index contributed by atoms with van der Waals surface area (Å²) in [5.41, 5.74) is 1.91. The molecule has 0 aromatic heterocycles. The first-order chi connectivity index (χ1) is 11.3. The summed E-state index contributed by atoms with van der Waals surface area (Å²) >= 11 is 0. The zero-order valence-electron chi connectivity index (χ0n) is 12.8. The molecule has 1 heterocycles. The topological polar surface area (TPSA) is 31.2 Å². The highest BCUT2D eigenvalue weighted by molar-refractivity contribution is 5.46. The second-order valence-electron chi connectivity index (χ2n) is 5.35. The molecular formula is C18H19FN4. The van der Waals surface area contributed by atoms with E-state index in [0.29, 0.717) is 0 Å². The highest BCUT2D eigenvalue weighted by Crippen LogP contribution is 2.17. The molecule has 2 aromatic rings. The Morgan fingerprint density at radius 3 is 2.26 bits per heavy atom. The van der Waals surface area contributed by atoms with Gasteiger partial charge in [0.15, 0.2) is 0 Å². The van der Waals surface area contributed by atoms with E-state index in [9.17, 15) is 4.39 Å². The minimum Gasteiger partial charge on any atom is -0.373 e.